The van der Waals surface area contributed by atoms with E-state index in [-0.39, 0.29) is 18.9 Å². The molecule has 0 bridgehead atoms. The van der Waals surface area contributed by atoms with Crippen LogP contribution in [-0.2, 0) is 17.8 Å². The molecule has 0 aliphatic carbocycles. The highest BCUT2D eigenvalue weighted by atomic mass is 16.7. The van der Waals surface area contributed by atoms with Crippen molar-refractivity contribution in [1.29, 1.82) is 0 Å². The van der Waals surface area contributed by atoms with Gasteiger partial charge < -0.3 is 24.4 Å². The van der Waals surface area contributed by atoms with Crippen LogP contribution in [0.1, 0.15) is 24.0 Å². The first-order valence-corrected chi connectivity index (χ1v) is 9.20. The number of ether oxygens (including phenoxy) is 3. The van der Waals surface area contributed by atoms with Crippen molar-refractivity contribution in [3.05, 3.63) is 53.9 Å². The van der Waals surface area contributed by atoms with Gasteiger partial charge in [0.25, 0.3) is 0 Å². The highest BCUT2D eigenvalue weighted by Crippen LogP contribution is 2.32. The zero-order valence-corrected chi connectivity index (χ0v) is 15.1. The average Bonchev–Trinajstić information content (AvgIpc) is 3.37. The number of hydrogen-bond donors (Lipinski definition) is 1. The first-order chi connectivity index (χ1) is 13.3. The predicted molar refractivity (Wildman–Crippen MR) is 98.4 cm³/mol. The van der Waals surface area contributed by atoms with E-state index in [9.17, 15) is 4.79 Å². The molecule has 2 amide bonds. The number of nitrogens with one attached hydrogen (secondary N) is 1. The molecule has 0 saturated carbocycles. The summed E-state index contributed by atoms with van der Waals surface area (Å²) in [6.45, 7) is 2.50. The maximum absolute atomic E-state index is 12.8. The van der Waals surface area contributed by atoms with Crippen molar-refractivity contribution in [2.24, 2.45) is 0 Å². The van der Waals surface area contributed by atoms with Crippen LogP contribution >= 0.6 is 0 Å². The Morgan fingerprint density at radius 3 is 2.96 bits per heavy atom. The van der Waals surface area contributed by atoms with Crippen molar-refractivity contribution in [1.82, 2.24) is 15.2 Å². The number of rotatable bonds is 6. The summed E-state index contributed by atoms with van der Waals surface area (Å²) in [7, 11) is 0. The molecular weight excluding hydrogens is 346 g/mol. The highest BCUT2D eigenvalue weighted by Gasteiger charge is 2.23. The van der Waals surface area contributed by atoms with Crippen molar-refractivity contribution >= 4 is 6.03 Å². The number of urea groups is 1. The SMILES string of the molecule is O=C(NCc1ccc2c(c1)OCO2)N(Cc1cccnc1)C[C@H]1CCCO1. The van der Waals surface area contributed by atoms with E-state index in [2.05, 4.69) is 10.3 Å². The van der Waals surface area contributed by atoms with Gasteiger partial charge in [-0.15, -0.1) is 0 Å². The lowest BCUT2D eigenvalue weighted by Crippen LogP contribution is -2.43. The van der Waals surface area contributed by atoms with Crippen LogP contribution in [0.5, 0.6) is 11.5 Å². The third kappa shape index (κ3) is 4.49. The zero-order valence-electron chi connectivity index (χ0n) is 15.1. The van der Waals surface area contributed by atoms with E-state index < -0.39 is 0 Å². The average molecular weight is 369 g/mol. The molecule has 0 radical (unpaired) electrons. The molecule has 1 saturated heterocycles. The van der Waals surface area contributed by atoms with Crippen molar-refractivity contribution in [2.45, 2.75) is 32.0 Å². The summed E-state index contributed by atoms with van der Waals surface area (Å²) in [5, 5.41) is 3.00. The number of aromatic nitrogens is 1. The Kier molecular flexibility index (Phi) is 5.39. The summed E-state index contributed by atoms with van der Waals surface area (Å²) in [5.74, 6) is 1.45. The highest BCUT2D eigenvalue weighted by molar-refractivity contribution is 5.74. The third-order valence-electron chi connectivity index (χ3n) is 4.71. The lowest BCUT2D eigenvalue weighted by molar-refractivity contribution is 0.0794. The van der Waals surface area contributed by atoms with Crippen LogP contribution in [0.15, 0.2) is 42.7 Å². The van der Waals surface area contributed by atoms with Crippen LogP contribution in [0, 0.1) is 0 Å². The molecule has 3 heterocycles. The van der Waals surface area contributed by atoms with Crippen molar-refractivity contribution in [3.63, 3.8) is 0 Å². The molecule has 2 aliphatic heterocycles. The second-order valence-corrected chi connectivity index (χ2v) is 6.72. The molecule has 1 atom stereocenters. The lowest BCUT2D eigenvalue weighted by Gasteiger charge is -2.26. The Bertz CT molecular complexity index is 778. The van der Waals surface area contributed by atoms with E-state index in [1.807, 2.05) is 30.3 Å². The molecule has 27 heavy (non-hydrogen) atoms. The van der Waals surface area contributed by atoms with Gasteiger partial charge in [-0.1, -0.05) is 12.1 Å². The number of fused-ring (bicyclic) bond motifs is 1. The van der Waals surface area contributed by atoms with Crippen LogP contribution in [0.3, 0.4) is 0 Å². The third-order valence-corrected chi connectivity index (χ3v) is 4.71. The van der Waals surface area contributed by atoms with E-state index in [4.69, 9.17) is 14.2 Å². The van der Waals surface area contributed by atoms with Gasteiger partial charge in [0.05, 0.1) is 6.10 Å². The predicted octanol–water partition coefficient (Wildman–Crippen LogP) is 2.70. The second kappa shape index (κ2) is 8.26. The number of pyridine rings is 1. The molecule has 7 nitrogen and oxygen atoms in total. The monoisotopic (exact) mass is 369 g/mol. The van der Waals surface area contributed by atoms with Gasteiger partial charge in [0.2, 0.25) is 6.79 Å². The zero-order chi connectivity index (χ0) is 18.5. The molecule has 2 aliphatic rings. The Morgan fingerprint density at radius 1 is 1.22 bits per heavy atom. The van der Waals surface area contributed by atoms with Crippen LogP contribution < -0.4 is 14.8 Å². The van der Waals surface area contributed by atoms with Crippen LogP contribution in [0.25, 0.3) is 0 Å². The summed E-state index contributed by atoms with van der Waals surface area (Å²) < 4.78 is 16.4. The minimum atomic E-state index is -0.119. The maximum Gasteiger partial charge on any atom is 0.318 e. The lowest BCUT2D eigenvalue weighted by atomic mass is 10.2. The molecule has 0 spiro atoms. The number of amides is 2. The van der Waals surface area contributed by atoms with Gasteiger partial charge in [0.1, 0.15) is 0 Å². The molecule has 1 aromatic carbocycles. The summed E-state index contributed by atoms with van der Waals surface area (Å²) in [4.78, 5) is 18.8. The standard InChI is InChI=1S/C20H23N3O4/c24-20(22-11-15-5-6-18-19(9-15)27-14-26-18)23(13-17-4-2-8-25-17)12-16-3-1-7-21-10-16/h1,3,5-7,9-10,17H,2,4,8,11-14H2,(H,22,24)/t17-/m1/s1. The fourth-order valence-corrected chi connectivity index (χ4v) is 3.31. The Morgan fingerprint density at radius 2 is 2.15 bits per heavy atom. The fraction of sp³-hybridized carbons (Fsp3) is 0.400. The molecule has 0 unspecified atom stereocenters. The number of nitrogens with zero attached hydrogens (tertiary/aromatic N) is 2. The molecule has 1 fully saturated rings. The van der Waals surface area contributed by atoms with Gasteiger partial charge >= 0.3 is 6.03 Å². The molecule has 7 heteroatoms. The minimum Gasteiger partial charge on any atom is -0.454 e. The van der Waals surface area contributed by atoms with E-state index >= 15 is 0 Å². The van der Waals surface area contributed by atoms with Crippen LogP contribution in [0.2, 0.25) is 0 Å². The van der Waals surface area contributed by atoms with E-state index in [1.54, 1.807) is 17.3 Å². The molecule has 142 valence electrons. The molecule has 1 aromatic heterocycles. The molecule has 4 rings (SSSR count). The Hall–Kier alpha value is -2.80. The van der Waals surface area contributed by atoms with Gasteiger partial charge in [-0.25, -0.2) is 4.79 Å². The minimum absolute atomic E-state index is 0.0953. The quantitative estimate of drug-likeness (QED) is 0.848. The van der Waals surface area contributed by atoms with Crippen molar-refractivity contribution < 1.29 is 19.0 Å². The Labute approximate surface area is 158 Å². The van der Waals surface area contributed by atoms with Crippen molar-refractivity contribution in [3.8, 4) is 11.5 Å². The molecule has 1 N–H and O–H groups in total. The number of hydrogen-bond acceptors (Lipinski definition) is 5. The summed E-state index contributed by atoms with van der Waals surface area (Å²) in [6.07, 6.45) is 5.64. The van der Waals surface area contributed by atoms with E-state index in [1.165, 1.54) is 0 Å². The first kappa shape index (κ1) is 17.6. The van der Waals surface area contributed by atoms with E-state index in [0.29, 0.717) is 25.4 Å². The summed E-state index contributed by atoms with van der Waals surface area (Å²) in [5.41, 5.74) is 1.96. The topological polar surface area (TPSA) is 72.9 Å². The number of carbonyl (C=O) groups is 1. The Balaban J connectivity index is 1.39. The summed E-state index contributed by atoms with van der Waals surface area (Å²) >= 11 is 0. The first-order valence-electron chi connectivity index (χ1n) is 9.20. The number of carbonyl (C=O) groups excluding carboxylic acids is 1. The van der Waals surface area contributed by atoms with Gasteiger partial charge in [0.15, 0.2) is 11.5 Å². The van der Waals surface area contributed by atoms with Gasteiger partial charge in [-0.2, -0.15) is 0 Å². The second-order valence-electron chi connectivity index (χ2n) is 6.72. The molecule has 2 aromatic rings. The van der Waals surface area contributed by atoms with Crippen LogP contribution in [0.4, 0.5) is 4.79 Å². The van der Waals surface area contributed by atoms with Crippen LogP contribution in [-0.4, -0.2) is 42.0 Å². The number of benzene rings is 1. The van der Waals surface area contributed by atoms with Gasteiger partial charge in [-0.05, 0) is 42.2 Å². The van der Waals surface area contributed by atoms with E-state index in [0.717, 1.165) is 36.3 Å². The van der Waals surface area contributed by atoms with Gasteiger partial charge in [0, 0.05) is 38.6 Å². The maximum atomic E-state index is 12.8. The largest absolute Gasteiger partial charge is 0.454 e. The normalized spacial score (nSPS) is 17.7. The fourth-order valence-electron chi connectivity index (χ4n) is 3.31. The molecular formula is C20H23N3O4. The van der Waals surface area contributed by atoms with Gasteiger partial charge in [-0.3, -0.25) is 4.98 Å². The smallest absolute Gasteiger partial charge is 0.318 e. The summed E-state index contributed by atoms with van der Waals surface area (Å²) in [6, 6.07) is 9.42. The van der Waals surface area contributed by atoms with Crippen molar-refractivity contribution in [2.75, 3.05) is 19.9 Å².